The number of hydrogen-bond acceptors (Lipinski definition) is 3. The second kappa shape index (κ2) is 7.26. The maximum Gasteiger partial charge on any atom is 0.317 e. The largest absolute Gasteiger partial charge is 0.481 e. The van der Waals surface area contributed by atoms with Gasteiger partial charge >= 0.3 is 12.0 Å². The molecule has 0 aliphatic carbocycles. The summed E-state index contributed by atoms with van der Waals surface area (Å²) in [7, 11) is 1.57. The fourth-order valence-corrected chi connectivity index (χ4v) is 1.34. The van der Waals surface area contributed by atoms with Crippen molar-refractivity contribution in [2.75, 3.05) is 20.1 Å². The fourth-order valence-electron chi connectivity index (χ4n) is 1.34. The third-order valence-electron chi connectivity index (χ3n) is 2.39. The third-order valence-corrected chi connectivity index (χ3v) is 2.39. The molecule has 1 rings (SSSR count). The number of urea groups is 1. The maximum absolute atomic E-state index is 11.5. The van der Waals surface area contributed by atoms with Gasteiger partial charge in [0.05, 0.1) is 6.42 Å². The topological polar surface area (TPSA) is 82.5 Å². The molecule has 0 spiro atoms. The summed E-state index contributed by atoms with van der Waals surface area (Å²) in [5.74, 6) is -0.914. The molecular weight excluding hydrogens is 234 g/mol. The van der Waals surface area contributed by atoms with E-state index in [4.69, 9.17) is 5.11 Å². The molecule has 0 aromatic carbocycles. The molecule has 0 unspecified atom stereocenters. The van der Waals surface area contributed by atoms with Gasteiger partial charge in [-0.15, -0.1) is 0 Å². The minimum absolute atomic E-state index is 0.0514. The molecule has 18 heavy (non-hydrogen) atoms. The fraction of sp³-hybridized carbons (Fsp3) is 0.417. The number of nitrogens with zero attached hydrogens (tertiary/aromatic N) is 2. The Morgan fingerprint density at radius 3 is 2.83 bits per heavy atom. The van der Waals surface area contributed by atoms with Gasteiger partial charge in [-0.2, -0.15) is 0 Å². The van der Waals surface area contributed by atoms with E-state index in [-0.39, 0.29) is 19.0 Å². The molecule has 0 fully saturated rings. The predicted molar refractivity (Wildman–Crippen MR) is 66.2 cm³/mol. The zero-order valence-electron chi connectivity index (χ0n) is 10.3. The number of carboxylic acid groups (broad SMARTS) is 1. The van der Waals surface area contributed by atoms with Gasteiger partial charge in [0.15, 0.2) is 0 Å². The van der Waals surface area contributed by atoms with Crippen LogP contribution in [0.5, 0.6) is 0 Å². The summed E-state index contributed by atoms with van der Waals surface area (Å²) in [6, 6.07) is 5.35. The number of aliphatic carboxylic acids is 1. The highest BCUT2D eigenvalue weighted by molar-refractivity contribution is 5.74. The molecule has 6 heteroatoms. The second-order valence-corrected chi connectivity index (χ2v) is 3.87. The first kappa shape index (κ1) is 14.0. The molecule has 0 atom stereocenters. The first-order valence-electron chi connectivity index (χ1n) is 5.70. The monoisotopic (exact) mass is 251 g/mol. The van der Waals surface area contributed by atoms with E-state index in [1.54, 1.807) is 13.2 Å². The van der Waals surface area contributed by atoms with Crippen molar-refractivity contribution in [2.45, 2.75) is 12.8 Å². The van der Waals surface area contributed by atoms with E-state index >= 15 is 0 Å². The standard InChI is InChI=1S/C12H17N3O3/c1-15(9-6-11(16)17)12(18)14-8-5-10-4-2-3-7-13-10/h2-4,7H,5-6,8-9H2,1H3,(H,14,18)(H,16,17). The number of aromatic nitrogens is 1. The van der Waals surface area contributed by atoms with Crippen LogP contribution in [0.15, 0.2) is 24.4 Å². The molecule has 0 aliphatic heterocycles. The van der Waals surface area contributed by atoms with Gasteiger partial charge in [-0.1, -0.05) is 6.07 Å². The lowest BCUT2D eigenvalue weighted by molar-refractivity contribution is -0.137. The lowest BCUT2D eigenvalue weighted by Gasteiger charge is -2.16. The van der Waals surface area contributed by atoms with Crippen LogP contribution < -0.4 is 5.32 Å². The Morgan fingerprint density at radius 2 is 2.22 bits per heavy atom. The molecule has 1 aromatic rings. The number of nitrogens with one attached hydrogen (secondary N) is 1. The number of rotatable bonds is 6. The SMILES string of the molecule is CN(CCC(=O)O)C(=O)NCCc1ccccn1. The van der Waals surface area contributed by atoms with Crippen LogP contribution in [0.25, 0.3) is 0 Å². The quantitative estimate of drug-likeness (QED) is 0.781. The summed E-state index contributed by atoms with van der Waals surface area (Å²) in [5.41, 5.74) is 0.908. The van der Waals surface area contributed by atoms with Gasteiger partial charge in [0.2, 0.25) is 0 Å². The molecule has 1 heterocycles. The predicted octanol–water partition coefficient (Wildman–Crippen LogP) is 0.740. The van der Waals surface area contributed by atoms with Crippen LogP contribution in [-0.2, 0) is 11.2 Å². The molecular formula is C12H17N3O3. The Labute approximate surface area is 106 Å². The Morgan fingerprint density at radius 1 is 1.44 bits per heavy atom. The zero-order valence-corrected chi connectivity index (χ0v) is 10.3. The zero-order chi connectivity index (χ0) is 13.4. The number of pyridine rings is 1. The normalized spacial score (nSPS) is 9.83. The molecule has 0 saturated carbocycles. The molecule has 0 bridgehead atoms. The summed E-state index contributed by atoms with van der Waals surface area (Å²) < 4.78 is 0. The summed E-state index contributed by atoms with van der Waals surface area (Å²) in [4.78, 5) is 27.4. The van der Waals surface area contributed by atoms with E-state index in [2.05, 4.69) is 10.3 Å². The van der Waals surface area contributed by atoms with Crippen LogP contribution in [0, 0.1) is 0 Å². The summed E-state index contributed by atoms with van der Waals surface area (Å²) in [6.07, 6.45) is 2.31. The molecule has 0 radical (unpaired) electrons. The van der Waals surface area contributed by atoms with Gasteiger partial charge in [0.1, 0.15) is 0 Å². The van der Waals surface area contributed by atoms with Crippen molar-refractivity contribution in [1.29, 1.82) is 0 Å². The van der Waals surface area contributed by atoms with Crippen LogP contribution in [0.1, 0.15) is 12.1 Å². The van der Waals surface area contributed by atoms with Gasteiger partial charge in [-0.05, 0) is 12.1 Å². The average molecular weight is 251 g/mol. The summed E-state index contributed by atoms with van der Waals surface area (Å²) in [6.45, 7) is 0.679. The van der Waals surface area contributed by atoms with Crippen molar-refractivity contribution >= 4 is 12.0 Å². The highest BCUT2D eigenvalue weighted by atomic mass is 16.4. The first-order valence-corrected chi connectivity index (χ1v) is 5.70. The van der Waals surface area contributed by atoms with Crippen molar-refractivity contribution in [2.24, 2.45) is 0 Å². The Balaban J connectivity index is 2.22. The molecule has 6 nitrogen and oxygen atoms in total. The third kappa shape index (κ3) is 5.29. The van der Waals surface area contributed by atoms with Crippen LogP contribution in [-0.4, -0.2) is 47.1 Å². The van der Waals surface area contributed by atoms with Crippen molar-refractivity contribution in [1.82, 2.24) is 15.2 Å². The van der Waals surface area contributed by atoms with E-state index in [0.717, 1.165) is 5.69 Å². The lowest BCUT2D eigenvalue weighted by Crippen LogP contribution is -2.39. The number of carboxylic acids is 1. The average Bonchev–Trinajstić information content (AvgIpc) is 2.37. The number of carbonyl (C=O) groups is 2. The van der Waals surface area contributed by atoms with Crippen molar-refractivity contribution in [3.8, 4) is 0 Å². The Hall–Kier alpha value is -2.11. The second-order valence-electron chi connectivity index (χ2n) is 3.87. The minimum atomic E-state index is -0.914. The maximum atomic E-state index is 11.5. The van der Waals surface area contributed by atoms with Gasteiger partial charge in [0.25, 0.3) is 0 Å². The van der Waals surface area contributed by atoms with E-state index in [1.165, 1.54) is 4.90 Å². The highest BCUT2D eigenvalue weighted by Crippen LogP contribution is 1.94. The van der Waals surface area contributed by atoms with Crippen molar-refractivity contribution in [3.05, 3.63) is 30.1 Å². The van der Waals surface area contributed by atoms with E-state index < -0.39 is 5.97 Å². The van der Waals surface area contributed by atoms with E-state index in [0.29, 0.717) is 13.0 Å². The summed E-state index contributed by atoms with van der Waals surface area (Å²) >= 11 is 0. The minimum Gasteiger partial charge on any atom is -0.481 e. The Kier molecular flexibility index (Phi) is 5.63. The number of carbonyl (C=O) groups excluding carboxylic acids is 1. The van der Waals surface area contributed by atoms with Gasteiger partial charge in [0, 0.05) is 38.4 Å². The van der Waals surface area contributed by atoms with Crippen LogP contribution in [0.4, 0.5) is 4.79 Å². The molecule has 2 amide bonds. The first-order chi connectivity index (χ1) is 8.59. The van der Waals surface area contributed by atoms with Crippen LogP contribution in [0.2, 0.25) is 0 Å². The molecule has 0 saturated heterocycles. The summed E-state index contributed by atoms with van der Waals surface area (Å²) in [5, 5.41) is 11.2. The molecule has 98 valence electrons. The van der Waals surface area contributed by atoms with Crippen molar-refractivity contribution < 1.29 is 14.7 Å². The molecule has 1 aromatic heterocycles. The van der Waals surface area contributed by atoms with Gasteiger partial charge in [-0.3, -0.25) is 9.78 Å². The van der Waals surface area contributed by atoms with Crippen LogP contribution in [0.3, 0.4) is 0 Å². The molecule has 2 N–H and O–H groups in total. The van der Waals surface area contributed by atoms with Crippen molar-refractivity contribution in [3.63, 3.8) is 0 Å². The smallest absolute Gasteiger partial charge is 0.317 e. The number of hydrogen-bond donors (Lipinski definition) is 2. The van der Waals surface area contributed by atoms with E-state index in [9.17, 15) is 9.59 Å². The van der Waals surface area contributed by atoms with Gasteiger partial charge < -0.3 is 15.3 Å². The number of amides is 2. The Bertz CT molecular complexity index is 395. The lowest BCUT2D eigenvalue weighted by atomic mass is 10.3. The molecule has 0 aliphatic rings. The highest BCUT2D eigenvalue weighted by Gasteiger charge is 2.09. The van der Waals surface area contributed by atoms with E-state index in [1.807, 2.05) is 18.2 Å². The van der Waals surface area contributed by atoms with Crippen LogP contribution >= 0.6 is 0 Å². The van der Waals surface area contributed by atoms with Gasteiger partial charge in [-0.25, -0.2) is 4.79 Å².